The SMILES string of the molecule is C=C.COc1cc[c-]c2c1-c1ccccc1C2.[Cl-].[Cl-].[Zr+4].c1cc[cH-]c1. The second-order valence-corrected chi connectivity index (χ2v) is 4.70. The van der Waals surface area contributed by atoms with Crippen LogP contribution in [0.4, 0.5) is 0 Å². The smallest absolute Gasteiger partial charge is 1.00 e. The van der Waals surface area contributed by atoms with Crippen molar-refractivity contribution in [1.29, 1.82) is 0 Å². The van der Waals surface area contributed by atoms with Gasteiger partial charge < -0.3 is 29.6 Å². The Morgan fingerprint density at radius 3 is 2.20 bits per heavy atom. The Hall–Kier alpha value is -1.21. The molecule has 1 aliphatic carbocycles. The van der Waals surface area contributed by atoms with Crippen LogP contribution in [0.2, 0.25) is 0 Å². The third kappa shape index (κ3) is 6.55. The first kappa shape index (κ1) is 26.0. The fourth-order valence-corrected chi connectivity index (χ4v) is 2.56. The number of methoxy groups -OCH3 is 1. The van der Waals surface area contributed by atoms with Gasteiger partial charge in [0.2, 0.25) is 0 Å². The Bertz CT molecular complexity index is 694. The maximum atomic E-state index is 5.39. The minimum absolute atomic E-state index is 0. The summed E-state index contributed by atoms with van der Waals surface area (Å²) in [6.07, 6.45) is 0.975. The van der Waals surface area contributed by atoms with E-state index in [1.54, 1.807) is 7.11 Å². The third-order valence-corrected chi connectivity index (χ3v) is 3.47. The topological polar surface area (TPSA) is 9.23 Å². The average Bonchev–Trinajstić information content (AvgIpc) is 3.27. The van der Waals surface area contributed by atoms with Crippen molar-refractivity contribution in [3.63, 3.8) is 0 Å². The van der Waals surface area contributed by atoms with Gasteiger partial charge in [0.1, 0.15) is 0 Å². The first-order chi connectivity index (χ1) is 10.9. The van der Waals surface area contributed by atoms with Crippen LogP contribution in [0.3, 0.4) is 0 Å². The maximum Gasteiger partial charge on any atom is 4.00 e. The molecule has 0 saturated carbocycles. The van der Waals surface area contributed by atoms with Crippen molar-refractivity contribution in [1.82, 2.24) is 0 Å². The summed E-state index contributed by atoms with van der Waals surface area (Å²) in [5.74, 6) is 0.952. The van der Waals surface area contributed by atoms with Crippen molar-refractivity contribution in [3.05, 3.63) is 97.1 Å². The zero-order chi connectivity index (χ0) is 15.8. The summed E-state index contributed by atoms with van der Waals surface area (Å²) >= 11 is 0. The van der Waals surface area contributed by atoms with E-state index in [1.165, 1.54) is 22.3 Å². The molecule has 0 unspecified atom stereocenters. The molecule has 0 atom stereocenters. The van der Waals surface area contributed by atoms with Gasteiger partial charge in [0.25, 0.3) is 0 Å². The van der Waals surface area contributed by atoms with Crippen LogP contribution in [0.25, 0.3) is 11.1 Å². The standard InChI is InChI=1S/C14H11O.C5H5.C2H4.2ClH.Zr/c1-15-13-8-4-6-11-9-10-5-2-3-7-12(10)14(11)13;1-2-4-5-3-1;1-2;;;/h2-5,7-8H,9H2,1H3;1-5H;1-2H2;2*1H;/q2*-1;;;;+4/p-2. The van der Waals surface area contributed by atoms with Crippen LogP contribution >= 0.6 is 0 Å². The van der Waals surface area contributed by atoms with E-state index in [9.17, 15) is 0 Å². The van der Waals surface area contributed by atoms with Crippen LogP contribution in [0.5, 0.6) is 5.75 Å². The molecule has 0 radical (unpaired) electrons. The number of rotatable bonds is 1. The van der Waals surface area contributed by atoms with E-state index < -0.39 is 0 Å². The minimum Gasteiger partial charge on any atom is -1.00 e. The van der Waals surface area contributed by atoms with Crippen molar-refractivity contribution in [2.45, 2.75) is 6.42 Å². The van der Waals surface area contributed by atoms with Crippen LogP contribution < -0.4 is 29.6 Å². The molecule has 0 bridgehead atoms. The molecular formula is C21H20Cl2OZr. The summed E-state index contributed by atoms with van der Waals surface area (Å²) < 4.78 is 5.39. The summed E-state index contributed by atoms with van der Waals surface area (Å²) in [6.45, 7) is 6.00. The molecule has 0 aliphatic heterocycles. The second kappa shape index (κ2) is 14.0. The molecule has 0 aromatic heterocycles. The number of benzene rings is 2. The second-order valence-electron chi connectivity index (χ2n) is 4.70. The van der Waals surface area contributed by atoms with Gasteiger partial charge in [-0.3, -0.25) is 0 Å². The predicted molar refractivity (Wildman–Crippen MR) is 93.4 cm³/mol. The Labute approximate surface area is 182 Å². The molecule has 0 fully saturated rings. The van der Waals surface area contributed by atoms with Crippen LogP contribution in [0.15, 0.2) is 79.9 Å². The molecule has 3 aromatic rings. The summed E-state index contributed by atoms with van der Waals surface area (Å²) in [7, 11) is 1.72. The van der Waals surface area contributed by atoms with Crippen molar-refractivity contribution in [2.24, 2.45) is 0 Å². The van der Waals surface area contributed by atoms with E-state index in [2.05, 4.69) is 43.5 Å². The molecule has 0 saturated heterocycles. The fraction of sp³-hybridized carbons (Fsp3) is 0.0952. The molecule has 25 heavy (non-hydrogen) atoms. The van der Waals surface area contributed by atoms with Crippen LogP contribution in [0, 0.1) is 6.07 Å². The first-order valence-electron chi connectivity index (χ1n) is 7.22. The molecule has 4 heteroatoms. The summed E-state index contributed by atoms with van der Waals surface area (Å²) in [6, 6.07) is 25.7. The number of hydrogen-bond donors (Lipinski definition) is 0. The largest absolute Gasteiger partial charge is 4.00 e. The first-order valence-corrected chi connectivity index (χ1v) is 7.22. The van der Waals surface area contributed by atoms with Gasteiger partial charge in [-0.25, -0.2) is 12.1 Å². The zero-order valence-corrected chi connectivity index (χ0v) is 18.1. The monoisotopic (exact) mass is 448 g/mol. The number of ether oxygens (including phenoxy) is 1. The van der Waals surface area contributed by atoms with E-state index in [1.807, 2.05) is 42.5 Å². The van der Waals surface area contributed by atoms with Gasteiger partial charge in [0.15, 0.2) is 0 Å². The number of halogens is 2. The van der Waals surface area contributed by atoms with Crippen LogP contribution in [0.1, 0.15) is 11.1 Å². The van der Waals surface area contributed by atoms with Gasteiger partial charge in [-0.2, -0.15) is 30.3 Å². The van der Waals surface area contributed by atoms with E-state index >= 15 is 0 Å². The molecule has 0 amide bonds. The predicted octanol–water partition coefficient (Wildman–Crippen LogP) is -0.720. The third-order valence-electron chi connectivity index (χ3n) is 3.47. The molecule has 1 aliphatic rings. The molecule has 0 heterocycles. The fourth-order valence-electron chi connectivity index (χ4n) is 2.56. The zero-order valence-electron chi connectivity index (χ0n) is 14.1. The molecule has 3 aromatic carbocycles. The van der Waals surface area contributed by atoms with Crippen molar-refractivity contribution in [3.8, 4) is 16.9 Å². The maximum absolute atomic E-state index is 5.39. The number of fused-ring (bicyclic) bond motifs is 3. The van der Waals surface area contributed by atoms with Crippen LogP contribution in [-0.2, 0) is 32.6 Å². The summed E-state index contributed by atoms with van der Waals surface area (Å²) in [5, 5.41) is 0. The van der Waals surface area contributed by atoms with Crippen molar-refractivity contribution in [2.75, 3.05) is 7.11 Å². The van der Waals surface area contributed by atoms with Gasteiger partial charge in [-0.1, -0.05) is 35.4 Å². The molecule has 0 spiro atoms. The van der Waals surface area contributed by atoms with E-state index in [-0.39, 0.29) is 51.0 Å². The Balaban J connectivity index is 0. The van der Waals surface area contributed by atoms with Crippen molar-refractivity contribution >= 4 is 0 Å². The number of hydrogen-bond acceptors (Lipinski definition) is 1. The summed E-state index contributed by atoms with van der Waals surface area (Å²) in [5.41, 5.74) is 5.13. The van der Waals surface area contributed by atoms with E-state index in [0.717, 1.165) is 12.2 Å². The summed E-state index contributed by atoms with van der Waals surface area (Å²) in [4.78, 5) is 0. The van der Waals surface area contributed by atoms with Gasteiger partial charge in [-0.05, 0) is 12.0 Å². The quantitative estimate of drug-likeness (QED) is 0.275. The van der Waals surface area contributed by atoms with Gasteiger partial charge >= 0.3 is 26.2 Å². The normalized spacial score (nSPS) is 9.00. The molecule has 128 valence electrons. The molecular weight excluding hydrogens is 430 g/mol. The van der Waals surface area contributed by atoms with Crippen LogP contribution in [-0.4, -0.2) is 7.11 Å². The van der Waals surface area contributed by atoms with Crippen molar-refractivity contribution < 1.29 is 55.8 Å². The average molecular weight is 451 g/mol. The van der Waals surface area contributed by atoms with Gasteiger partial charge in [0.05, 0.1) is 7.11 Å². The Kier molecular flexibility index (Phi) is 14.6. The molecule has 0 N–H and O–H groups in total. The van der Waals surface area contributed by atoms with E-state index in [0.29, 0.717) is 0 Å². The Morgan fingerprint density at radius 1 is 1.00 bits per heavy atom. The van der Waals surface area contributed by atoms with Gasteiger partial charge in [0, 0.05) is 5.75 Å². The molecule has 4 rings (SSSR count). The van der Waals surface area contributed by atoms with Gasteiger partial charge in [-0.15, -0.1) is 24.8 Å². The molecule has 1 nitrogen and oxygen atoms in total. The Morgan fingerprint density at radius 2 is 1.64 bits per heavy atom. The minimum atomic E-state index is 0. The van der Waals surface area contributed by atoms with E-state index in [4.69, 9.17) is 4.74 Å².